The molecule has 1 aromatic heterocycles. The van der Waals surface area contributed by atoms with Crippen molar-refractivity contribution in [2.24, 2.45) is 7.05 Å². The Labute approximate surface area is 133 Å². The van der Waals surface area contributed by atoms with E-state index in [1.54, 1.807) is 6.92 Å². The van der Waals surface area contributed by atoms with E-state index in [-0.39, 0.29) is 5.97 Å². The molecule has 1 heterocycles. The Morgan fingerprint density at radius 1 is 1.41 bits per heavy atom. The number of aromatic nitrogens is 2. The number of hydrogen-bond acceptors (Lipinski definition) is 5. The van der Waals surface area contributed by atoms with Crippen molar-refractivity contribution in [3.63, 3.8) is 0 Å². The highest BCUT2D eigenvalue weighted by Gasteiger charge is 2.07. The molecule has 1 rings (SSSR count). The molecule has 7 heteroatoms. The van der Waals surface area contributed by atoms with E-state index < -0.39 is 11.4 Å². The Kier molecular flexibility index (Phi) is 7.87. The fourth-order valence-corrected chi connectivity index (χ4v) is 2.58. The number of thioether (sulfide) groups is 1. The molecule has 122 valence electrons. The Balaban J connectivity index is 2.14. The van der Waals surface area contributed by atoms with Gasteiger partial charge < -0.3 is 4.74 Å². The minimum atomic E-state index is -0.837. The Hall–Kier alpha value is -1.63. The number of halogens is 1. The fraction of sp³-hybridized carbons (Fsp3) is 0.533. The number of carbonyl (C=O) groups excluding carboxylic acids is 1. The molecule has 22 heavy (non-hydrogen) atoms. The fourth-order valence-electron chi connectivity index (χ4n) is 1.64. The first-order chi connectivity index (χ1) is 10.4. The van der Waals surface area contributed by atoms with Gasteiger partial charge in [0, 0.05) is 18.4 Å². The first-order valence-electron chi connectivity index (χ1n) is 7.10. The molecule has 0 saturated carbocycles. The largest absolute Gasteiger partial charge is 0.462 e. The zero-order chi connectivity index (χ0) is 16.5. The molecule has 1 aromatic rings. The van der Waals surface area contributed by atoms with Crippen molar-refractivity contribution in [2.75, 3.05) is 12.4 Å². The van der Waals surface area contributed by atoms with Gasteiger partial charge >= 0.3 is 5.97 Å². The summed E-state index contributed by atoms with van der Waals surface area (Å²) in [4.78, 5) is 26.4. The lowest BCUT2D eigenvalue weighted by molar-refractivity contribution is -0.139. The minimum Gasteiger partial charge on any atom is -0.462 e. The monoisotopic (exact) mass is 328 g/mol. The third-order valence-electron chi connectivity index (χ3n) is 2.94. The van der Waals surface area contributed by atoms with Crippen molar-refractivity contribution in [3.8, 4) is 0 Å². The zero-order valence-corrected chi connectivity index (χ0v) is 13.7. The standard InChI is InChI=1S/C15H21FN2O3S/c1-11(2)14(20)21-8-6-4-5-7-9-22-15-17-10-12(16)13(19)18(15)3/h10H,1,4-9H2,2-3H3. The maximum atomic E-state index is 13.0. The second-order valence-corrected chi connectivity index (χ2v) is 5.99. The normalized spacial score (nSPS) is 10.5. The van der Waals surface area contributed by atoms with Crippen molar-refractivity contribution in [1.29, 1.82) is 0 Å². The van der Waals surface area contributed by atoms with Gasteiger partial charge in [0.15, 0.2) is 5.16 Å². The smallest absolute Gasteiger partial charge is 0.333 e. The van der Waals surface area contributed by atoms with Gasteiger partial charge in [-0.2, -0.15) is 4.39 Å². The number of rotatable bonds is 9. The first kappa shape index (κ1) is 18.4. The van der Waals surface area contributed by atoms with Gasteiger partial charge in [-0.25, -0.2) is 9.78 Å². The van der Waals surface area contributed by atoms with E-state index in [0.29, 0.717) is 17.3 Å². The lowest BCUT2D eigenvalue weighted by Crippen LogP contribution is -2.22. The van der Waals surface area contributed by atoms with Crippen LogP contribution in [0.3, 0.4) is 0 Å². The van der Waals surface area contributed by atoms with Gasteiger partial charge in [-0.15, -0.1) is 0 Å². The molecule has 0 spiro atoms. The summed E-state index contributed by atoms with van der Waals surface area (Å²) in [5, 5.41) is 0.516. The SMILES string of the molecule is C=C(C)C(=O)OCCCCCCSc1ncc(F)c(=O)n1C. The average Bonchev–Trinajstić information content (AvgIpc) is 2.49. The predicted molar refractivity (Wildman–Crippen MR) is 84.4 cm³/mol. The molecule has 0 aliphatic carbocycles. The number of ether oxygens (including phenoxy) is 1. The molecule has 0 atom stereocenters. The molecule has 0 aliphatic rings. The highest BCUT2D eigenvalue weighted by atomic mass is 32.2. The van der Waals surface area contributed by atoms with E-state index in [0.717, 1.165) is 37.6 Å². The second kappa shape index (κ2) is 9.40. The van der Waals surface area contributed by atoms with Crippen LogP contribution in [0.1, 0.15) is 32.6 Å². The van der Waals surface area contributed by atoms with Gasteiger partial charge in [-0.3, -0.25) is 9.36 Å². The van der Waals surface area contributed by atoms with E-state index in [1.807, 2.05) is 0 Å². The lowest BCUT2D eigenvalue weighted by Gasteiger charge is -2.06. The molecule has 0 N–H and O–H groups in total. The summed E-state index contributed by atoms with van der Waals surface area (Å²) in [6.07, 6.45) is 4.68. The minimum absolute atomic E-state index is 0.348. The Morgan fingerprint density at radius 3 is 2.77 bits per heavy atom. The van der Waals surface area contributed by atoms with Crippen molar-refractivity contribution in [1.82, 2.24) is 9.55 Å². The van der Waals surface area contributed by atoms with E-state index in [1.165, 1.54) is 23.4 Å². The molecule has 0 bridgehead atoms. The third kappa shape index (κ3) is 6.01. The molecular weight excluding hydrogens is 307 g/mol. The van der Waals surface area contributed by atoms with Crippen LogP contribution in [0.25, 0.3) is 0 Å². The molecular formula is C15H21FN2O3S. The van der Waals surface area contributed by atoms with Crippen LogP contribution in [0.2, 0.25) is 0 Å². The van der Waals surface area contributed by atoms with Crippen LogP contribution < -0.4 is 5.56 Å². The molecule has 0 fully saturated rings. The molecule has 0 amide bonds. The van der Waals surface area contributed by atoms with E-state index in [9.17, 15) is 14.0 Å². The summed E-state index contributed by atoms with van der Waals surface area (Å²) in [5.74, 6) is -0.382. The molecule has 0 unspecified atom stereocenters. The maximum absolute atomic E-state index is 13.0. The van der Waals surface area contributed by atoms with Gasteiger partial charge in [0.05, 0.1) is 12.8 Å². The molecule has 0 aromatic carbocycles. The molecule has 0 saturated heterocycles. The Morgan fingerprint density at radius 2 is 2.09 bits per heavy atom. The van der Waals surface area contributed by atoms with Gasteiger partial charge in [0.1, 0.15) is 0 Å². The first-order valence-corrected chi connectivity index (χ1v) is 8.09. The van der Waals surface area contributed by atoms with E-state index in [4.69, 9.17) is 4.74 Å². The summed E-state index contributed by atoms with van der Waals surface area (Å²) in [6.45, 7) is 5.54. The van der Waals surface area contributed by atoms with Gasteiger partial charge in [0.25, 0.3) is 5.56 Å². The molecule has 0 radical (unpaired) electrons. The van der Waals surface area contributed by atoms with Crippen LogP contribution in [0.4, 0.5) is 4.39 Å². The topological polar surface area (TPSA) is 61.2 Å². The van der Waals surface area contributed by atoms with Crippen LogP contribution in [0.15, 0.2) is 28.3 Å². The highest BCUT2D eigenvalue weighted by Crippen LogP contribution is 2.15. The second-order valence-electron chi connectivity index (χ2n) is 4.93. The van der Waals surface area contributed by atoms with Crippen LogP contribution in [-0.4, -0.2) is 27.9 Å². The molecule has 0 aliphatic heterocycles. The number of unbranched alkanes of at least 4 members (excludes halogenated alkanes) is 3. The average molecular weight is 328 g/mol. The maximum Gasteiger partial charge on any atom is 0.333 e. The third-order valence-corrected chi connectivity index (χ3v) is 4.07. The summed E-state index contributed by atoms with van der Waals surface area (Å²) in [6, 6.07) is 0. The van der Waals surface area contributed by atoms with Crippen molar-refractivity contribution >= 4 is 17.7 Å². The van der Waals surface area contributed by atoms with Gasteiger partial charge in [-0.1, -0.05) is 31.2 Å². The van der Waals surface area contributed by atoms with Crippen LogP contribution in [0.5, 0.6) is 0 Å². The number of carbonyl (C=O) groups is 1. The number of esters is 1. The summed E-state index contributed by atoms with van der Waals surface area (Å²) < 4.78 is 19.2. The lowest BCUT2D eigenvalue weighted by atomic mass is 10.2. The highest BCUT2D eigenvalue weighted by molar-refractivity contribution is 7.99. The van der Waals surface area contributed by atoms with Gasteiger partial charge in [0.2, 0.25) is 5.82 Å². The van der Waals surface area contributed by atoms with E-state index in [2.05, 4.69) is 11.6 Å². The van der Waals surface area contributed by atoms with Crippen LogP contribution in [-0.2, 0) is 16.6 Å². The Bertz CT molecular complexity index is 587. The molecule has 5 nitrogen and oxygen atoms in total. The predicted octanol–water partition coefficient (Wildman–Crippen LogP) is 2.69. The van der Waals surface area contributed by atoms with Crippen molar-refractivity contribution in [3.05, 3.63) is 34.5 Å². The summed E-state index contributed by atoms with van der Waals surface area (Å²) in [5.41, 5.74) is -0.245. The number of nitrogens with zero attached hydrogens (tertiary/aromatic N) is 2. The summed E-state index contributed by atoms with van der Waals surface area (Å²) >= 11 is 1.43. The zero-order valence-electron chi connectivity index (χ0n) is 12.9. The van der Waals surface area contributed by atoms with E-state index >= 15 is 0 Å². The van der Waals surface area contributed by atoms with Crippen molar-refractivity contribution < 1.29 is 13.9 Å². The summed E-state index contributed by atoms with van der Waals surface area (Å²) in [7, 11) is 1.51. The van der Waals surface area contributed by atoms with Gasteiger partial charge in [-0.05, 0) is 19.8 Å². The number of hydrogen-bond donors (Lipinski definition) is 0. The van der Waals surface area contributed by atoms with Crippen LogP contribution in [0, 0.1) is 5.82 Å². The van der Waals surface area contributed by atoms with Crippen LogP contribution >= 0.6 is 11.8 Å². The van der Waals surface area contributed by atoms with Crippen molar-refractivity contribution in [2.45, 2.75) is 37.8 Å². The quantitative estimate of drug-likeness (QED) is 0.229.